The quantitative estimate of drug-likeness (QED) is 0.690. The molecule has 144 valence electrons. The molecule has 4 nitrogen and oxygen atoms in total. The molecule has 1 aliphatic heterocycles. The standard InChI is InChI=1S/C22H26ClNO3/c1-15-6-11-20-18(13-15)19(14-22(2,3)27-20)24-21(25)5-4-12-26-17-9-7-16(23)8-10-17/h6-11,13,19H,4-5,12,14H2,1-3H3,(H,24,25). The van der Waals surface area contributed by atoms with E-state index in [9.17, 15) is 4.79 Å². The number of benzene rings is 2. The van der Waals surface area contributed by atoms with E-state index in [1.807, 2.05) is 31.2 Å². The molecule has 0 aromatic heterocycles. The van der Waals surface area contributed by atoms with Gasteiger partial charge in [-0.3, -0.25) is 4.79 Å². The number of aryl methyl sites for hydroxylation is 1. The van der Waals surface area contributed by atoms with Crippen molar-refractivity contribution >= 4 is 17.5 Å². The molecule has 1 unspecified atom stereocenters. The lowest BCUT2D eigenvalue weighted by Crippen LogP contribution is -2.41. The lowest BCUT2D eigenvalue weighted by molar-refractivity contribution is -0.122. The normalized spacial score (nSPS) is 17.6. The SMILES string of the molecule is Cc1ccc2c(c1)C(NC(=O)CCCOc1ccc(Cl)cc1)CC(C)(C)O2. The average Bonchev–Trinajstić information content (AvgIpc) is 2.60. The first-order chi connectivity index (χ1) is 12.8. The predicted molar refractivity (Wildman–Crippen MR) is 108 cm³/mol. The van der Waals surface area contributed by atoms with Gasteiger partial charge in [0.25, 0.3) is 0 Å². The van der Waals surface area contributed by atoms with E-state index in [1.54, 1.807) is 12.1 Å². The van der Waals surface area contributed by atoms with Gasteiger partial charge in [0.15, 0.2) is 0 Å². The van der Waals surface area contributed by atoms with Gasteiger partial charge in [-0.25, -0.2) is 0 Å². The summed E-state index contributed by atoms with van der Waals surface area (Å²) >= 11 is 5.86. The molecule has 3 rings (SSSR count). The highest BCUT2D eigenvalue weighted by Gasteiger charge is 2.34. The topological polar surface area (TPSA) is 47.6 Å². The molecule has 0 fully saturated rings. The molecular formula is C22H26ClNO3. The van der Waals surface area contributed by atoms with Crippen molar-refractivity contribution in [1.82, 2.24) is 5.32 Å². The van der Waals surface area contributed by atoms with Crippen LogP contribution in [0.3, 0.4) is 0 Å². The first kappa shape index (κ1) is 19.6. The molecule has 2 aromatic rings. The van der Waals surface area contributed by atoms with Crippen LogP contribution in [-0.2, 0) is 4.79 Å². The van der Waals surface area contributed by atoms with E-state index < -0.39 is 0 Å². The maximum absolute atomic E-state index is 12.4. The van der Waals surface area contributed by atoms with Crippen molar-refractivity contribution in [1.29, 1.82) is 0 Å². The second kappa shape index (κ2) is 8.22. The summed E-state index contributed by atoms with van der Waals surface area (Å²) in [4.78, 5) is 12.4. The zero-order valence-electron chi connectivity index (χ0n) is 16.0. The fourth-order valence-electron chi connectivity index (χ4n) is 3.32. The van der Waals surface area contributed by atoms with Gasteiger partial charge in [0.05, 0.1) is 12.6 Å². The molecule has 0 bridgehead atoms. The van der Waals surface area contributed by atoms with Crippen molar-refractivity contribution in [3.63, 3.8) is 0 Å². The minimum atomic E-state index is -0.308. The van der Waals surface area contributed by atoms with Crippen molar-refractivity contribution in [2.75, 3.05) is 6.61 Å². The van der Waals surface area contributed by atoms with Crippen LogP contribution in [0, 0.1) is 6.92 Å². The molecule has 1 N–H and O–H groups in total. The van der Waals surface area contributed by atoms with Gasteiger partial charge in [-0.1, -0.05) is 29.3 Å². The number of nitrogens with one attached hydrogen (secondary N) is 1. The summed E-state index contributed by atoms with van der Waals surface area (Å²) in [6, 6.07) is 13.3. The van der Waals surface area contributed by atoms with E-state index in [4.69, 9.17) is 21.1 Å². The summed E-state index contributed by atoms with van der Waals surface area (Å²) in [6.07, 6.45) is 1.82. The van der Waals surface area contributed by atoms with Crippen LogP contribution in [0.25, 0.3) is 0 Å². The molecule has 27 heavy (non-hydrogen) atoms. The summed E-state index contributed by atoms with van der Waals surface area (Å²) < 4.78 is 11.7. The van der Waals surface area contributed by atoms with Crippen LogP contribution in [0.2, 0.25) is 5.02 Å². The molecule has 1 aliphatic rings. The summed E-state index contributed by atoms with van der Waals surface area (Å²) in [5, 5.41) is 3.85. The zero-order chi connectivity index (χ0) is 19.4. The highest BCUT2D eigenvalue weighted by Crippen LogP contribution is 2.39. The Morgan fingerprint density at radius 1 is 1.26 bits per heavy atom. The zero-order valence-corrected chi connectivity index (χ0v) is 16.8. The largest absolute Gasteiger partial charge is 0.494 e. The predicted octanol–water partition coefficient (Wildman–Crippen LogP) is 5.23. The molecule has 1 heterocycles. The minimum Gasteiger partial charge on any atom is -0.494 e. The number of carbonyl (C=O) groups is 1. The number of halogens is 1. The monoisotopic (exact) mass is 387 g/mol. The van der Waals surface area contributed by atoms with Gasteiger partial charge in [0, 0.05) is 23.4 Å². The van der Waals surface area contributed by atoms with Crippen molar-refractivity contribution in [2.24, 2.45) is 0 Å². The number of carbonyl (C=O) groups excluding carboxylic acids is 1. The molecule has 0 radical (unpaired) electrons. The Kier molecular flexibility index (Phi) is 5.95. The molecule has 0 aliphatic carbocycles. The maximum atomic E-state index is 12.4. The summed E-state index contributed by atoms with van der Waals surface area (Å²) in [6.45, 7) is 6.64. The van der Waals surface area contributed by atoms with Crippen molar-refractivity contribution in [2.45, 2.75) is 51.7 Å². The van der Waals surface area contributed by atoms with Crippen LogP contribution < -0.4 is 14.8 Å². The summed E-state index contributed by atoms with van der Waals surface area (Å²) in [5.41, 5.74) is 1.91. The van der Waals surface area contributed by atoms with Gasteiger partial charge < -0.3 is 14.8 Å². The van der Waals surface area contributed by atoms with Gasteiger partial charge in [-0.2, -0.15) is 0 Å². The highest BCUT2D eigenvalue weighted by molar-refractivity contribution is 6.30. The van der Waals surface area contributed by atoms with Gasteiger partial charge in [0.1, 0.15) is 17.1 Å². The lowest BCUT2D eigenvalue weighted by Gasteiger charge is -2.38. The molecular weight excluding hydrogens is 362 g/mol. The smallest absolute Gasteiger partial charge is 0.220 e. The van der Waals surface area contributed by atoms with Crippen LogP contribution in [0.15, 0.2) is 42.5 Å². The number of fused-ring (bicyclic) bond motifs is 1. The second-order valence-electron chi connectivity index (χ2n) is 7.63. The number of amides is 1. The van der Waals surface area contributed by atoms with Crippen LogP contribution in [0.4, 0.5) is 0 Å². The Hall–Kier alpha value is -2.20. The third-order valence-electron chi connectivity index (χ3n) is 4.59. The van der Waals surface area contributed by atoms with Crippen LogP contribution in [0.5, 0.6) is 11.5 Å². The Bertz CT molecular complexity index is 802. The Morgan fingerprint density at radius 2 is 2.00 bits per heavy atom. The van der Waals surface area contributed by atoms with Crippen molar-refractivity contribution < 1.29 is 14.3 Å². The van der Waals surface area contributed by atoms with Crippen LogP contribution in [-0.4, -0.2) is 18.1 Å². The van der Waals surface area contributed by atoms with Crippen molar-refractivity contribution in [3.05, 3.63) is 58.6 Å². The van der Waals surface area contributed by atoms with Gasteiger partial charge in [-0.05, 0) is 57.5 Å². The van der Waals surface area contributed by atoms with Crippen LogP contribution >= 0.6 is 11.6 Å². The molecule has 1 amide bonds. The number of ether oxygens (including phenoxy) is 2. The third-order valence-corrected chi connectivity index (χ3v) is 4.84. The van der Waals surface area contributed by atoms with E-state index in [1.165, 1.54) is 0 Å². The average molecular weight is 388 g/mol. The maximum Gasteiger partial charge on any atom is 0.220 e. The first-order valence-electron chi connectivity index (χ1n) is 9.30. The fraction of sp³-hybridized carbons (Fsp3) is 0.409. The van der Waals surface area contributed by atoms with E-state index in [0.29, 0.717) is 24.5 Å². The summed E-state index contributed by atoms with van der Waals surface area (Å²) in [5.74, 6) is 1.65. The van der Waals surface area contributed by atoms with Gasteiger partial charge >= 0.3 is 0 Å². The van der Waals surface area contributed by atoms with E-state index in [2.05, 4.69) is 25.2 Å². The number of hydrogen-bond donors (Lipinski definition) is 1. The van der Waals surface area contributed by atoms with E-state index in [0.717, 1.165) is 29.0 Å². The third kappa shape index (κ3) is 5.39. The number of hydrogen-bond acceptors (Lipinski definition) is 3. The number of rotatable bonds is 6. The second-order valence-corrected chi connectivity index (χ2v) is 8.07. The Balaban J connectivity index is 1.53. The van der Waals surface area contributed by atoms with Crippen LogP contribution in [0.1, 0.15) is 50.3 Å². The summed E-state index contributed by atoms with van der Waals surface area (Å²) in [7, 11) is 0. The van der Waals surface area contributed by atoms with Gasteiger partial charge in [-0.15, -0.1) is 0 Å². The lowest BCUT2D eigenvalue weighted by atomic mass is 9.89. The minimum absolute atomic E-state index is 0.0323. The fourth-order valence-corrected chi connectivity index (χ4v) is 3.45. The molecule has 1 atom stereocenters. The molecule has 0 saturated heterocycles. The Labute approximate surface area is 165 Å². The highest BCUT2D eigenvalue weighted by atomic mass is 35.5. The molecule has 0 spiro atoms. The molecule has 0 saturated carbocycles. The van der Waals surface area contributed by atoms with Crippen molar-refractivity contribution in [3.8, 4) is 11.5 Å². The molecule has 5 heteroatoms. The molecule has 2 aromatic carbocycles. The van der Waals surface area contributed by atoms with Gasteiger partial charge in [0.2, 0.25) is 5.91 Å². The van der Waals surface area contributed by atoms with E-state index >= 15 is 0 Å². The first-order valence-corrected chi connectivity index (χ1v) is 9.67. The van der Waals surface area contributed by atoms with E-state index in [-0.39, 0.29) is 17.6 Å². The Morgan fingerprint density at radius 3 is 2.74 bits per heavy atom.